The maximum absolute atomic E-state index is 12.7. The summed E-state index contributed by atoms with van der Waals surface area (Å²) in [5, 5.41) is 18.6. The molecule has 3 aromatic rings. The molecule has 0 heterocycles. The number of benzene rings is 3. The quantitative estimate of drug-likeness (QED) is 0.431. The summed E-state index contributed by atoms with van der Waals surface area (Å²) in [5.41, 5.74) is 0. The van der Waals surface area contributed by atoms with Crippen molar-refractivity contribution < 1.29 is 24.2 Å². The van der Waals surface area contributed by atoms with Crippen molar-refractivity contribution in [1.82, 2.24) is 10.6 Å². The van der Waals surface area contributed by atoms with Gasteiger partial charge in [0.2, 0.25) is 5.91 Å². The number of rotatable bonds is 9. The molecule has 0 fully saturated rings. The molecule has 2 atom stereocenters. The topological polar surface area (TPSA) is 105 Å². The zero-order valence-electron chi connectivity index (χ0n) is 19.3. The van der Waals surface area contributed by atoms with Gasteiger partial charge in [-0.1, -0.05) is 76.2 Å². The van der Waals surface area contributed by atoms with Gasteiger partial charge in [0.05, 0.1) is 0 Å². The van der Waals surface area contributed by atoms with Crippen molar-refractivity contribution in [3.05, 3.63) is 54.6 Å². The van der Waals surface area contributed by atoms with E-state index in [1.54, 1.807) is 27.7 Å². The van der Waals surface area contributed by atoms with Gasteiger partial charge in [0.25, 0.3) is 5.91 Å². The summed E-state index contributed by atoms with van der Waals surface area (Å²) in [7, 11) is 0. The Hall–Kier alpha value is -3.61. The molecule has 3 N–H and O–H groups in total. The van der Waals surface area contributed by atoms with Crippen LogP contribution in [0.1, 0.15) is 27.7 Å². The molecule has 3 rings (SSSR count). The largest absolute Gasteiger partial charge is 0.483 e. The lowest BCUT2D eigenvalue weighted by molar-refractivity contribution is -0.143. The molecule has 0 saturated carbocycles. The van der Waals surface area contributed by atoms with Crippen LogP contribution in [0.2, 0.25) is 0 Å². The molecule has 174 valence electrons. The molecular weight excluding hydrogens is 420 g/mol. The van der Waals surface area contributed by atoms with Gasteiger partial charge in [-0.2, -0.15) is 0 Å². The van der Waals surface area contributed by atoms with E-state index in [2.05, 4.69) is 10.6 Å². The van der Waals surface area contributed by atoms with Crippen LogP contribution in [-0.4, -0.2) is 41.6 Å². The summed E-state index contributed by atoms with van der Waals surface area (Å²) >= 11 is 0. The number of carbonyl (C=O) groups excluding carboxylic acids is 2. The first-order valence-corrected chi connectivity index (χ1v) is 11.0. The fourth-order valence-electron chi connectivity index (χ4n) is 3.79. The molecule has 0 aliphatic rings. The van der Waals surface area contributed by atoms with Gasteiger partial charge in [0, 0.05) is 5.39 Å². The van der Waals surface area contributed by atoms with Crippen LogP contribution in [0.3, 0.4) is 0 Å². The average Bonchev–Trinajstić information content (AvgIpc) is 2.78. The SMILES string of the molecule is CC(C)[C@H](NC(=O)[C@@H](NC(=O)COc1cc2ccccc2c2ccccc12)C(C)C)C(=O)O. The van der Waals surface area contributed by atoms with Crippen molar-refractivity contribution in [1.29, 1.82) is 0 Å². The Labute approximate surface area is 193 Å². The number of carboxylic acid groups (broad SMARTS) is 1. The fraction of sp³-hybridized carbons (Fsp3) is 0.346. The number of hydrogen-bond acceptors (Lipinski definition) is 4. The van der Waals surface area contributed by atoms with E-state index in [0.717, 1.165) is 21.5 Å². The highest BCUT2D eigenvalue weighted by Gasteiger charge is 2.30. The molecule has 0 spiro atoms. The Bertz CT molecular complexity index is 1170. The van der Waals surface area contributed by atoms with E-state index in [1.807, 2.05) is 54.6 Å². The van der Waals surface area contributed by atoms with Crippen LogP contribution in [0.25, 0.3) is 21.5 Å². The lowest BCUT2D eigenvalue weighted by Gasteiger charge is -2.25. The molecule has 33 heavy (non-hydrogen) atoms. The van der Waals surface area contributed by atoms with Gasteiger partial charge in [-0.05, 0) is 34.1 Å². The highest BCUT2D eigenvalue weighted by Crippen LogP contribution is 2.33. The lowest BCUT2D eigenvalue weighted by atomic mass is 10.0. The molecule has 3 aromatic carbocycles. The summed E-state index contributed by atoms with van der Waals surface area (Å²) in [6.07, 6.45) is 0. The van der Waals surface area contributed by atoms with Crippen LogP contribution in [0.5, 0.6) is 5.75 Å². The van der Waals surface area contributed by atoms with Gasteiger partial charge in [0.15, 0.2) is 6.61 Å². The van der Waals surface area contributed by atoms with E-state index in [4.69, 9.17) is 4.74 Å². The minimum absolute atomic E-state index is 0.239. The molecule has 0 aromatic heterocycles. The maximum atomic E-state index is 12.7. The van der Waals surface area contributed by atoms with Crippen molar-refractivity contribution in [3.8, 4) is 5.75 Å². The smallest absolute Gasteiger partial charge is 0.326 e. The minimum atomic E-state index is -1.11. The predicted molar refractivity (Wildman–Crippen MR) is 128 cm³/mol. The maximum Gasteiger partial charge on any atom is 0.326 e. The molecule has 0 aliphatic carbocycles. The molecule has 2 amide bonds. The number of hydrogen-bond donors (Lipinski definition) is 3. The Morgan fingerprint density at radius 2 is 1.39 bits per heavy atom. The number of nitrogens with one attached hydrogen (secondary N) is 2. The van der Waals surface area contributed by atoms with Crippen LogP contribution in [0.4, 0.5) is 0 Å². The van der Waals surface area contributed by atoms with Crippen molar-refractivity contribution in [2.75, 3.05) is 6.61 Å². The van der Waals surface area contributed by atoms with E-state index >= 15 is 0 Å². The second-order valence-corrected chi connectivity index (χ2v) is 8.79. The zero-order valence-corrected chi connectivity index (χ0v) is 19.3. The van der Waals surface area contributed by atoms with E-state index in [1.165, 1.54) is 0 Å². The number of carboxylic acids is 1. The molecular formula is C26H30N2O5. The molecule has 0 bridgehead atoms. The van der Waals surface area contributed by atoms with Crippen LogP contribution in [0, 0.1) is 11.8 Å². The third-order valence-corrected chi connectivity index (χ3v) is 5.58. The minimum Gasteiger partial charge on any atom is -0.483 e. The molecule has 0 radical (unpaired) electrons. The normalized spacial score (nSPS) is 13.2. The van der Waals surface area contributed by atoms with Crippen LogP contribution in [0.15, 0.2) is 54.6 Å². The summed E-state index contributed by atoms with van der Waals surface area (Å²) in [4.78, 5) is 36.8. The Morgan fingerprint density at radius 1 is 0.818 bits per heavy atom. The predicted octanol–water partition coefficient (Wildman–Crippen LogP) is 3.74. The van der Waals surface area contributed by atoms with Gasteiger partial charge in [-0.15, -0.1) is 0 Å². The number of fused-ring (bicyclic) bond motifs is 3. The van der Waals surface area contributed by atoms with E-state index < -0.39 is 29.9 Å². The number of aliphatic carboxylic acids is 1. The average molecular weight is 451 g/mol. The van der Waals surface area contributed by atoms with Gasteiger partial charge in [0.1, 0.15) is 17.8 Å². The second kappa shape index (κ2) is 10.3. The van der Waals surface area contributed by atoms with Crippen LogP contribution < -0.4 is 15.4 Å². The van der Waals surface area contributed by atoms with Crippen molar-refractivity contribution >= 4 is 39.3 Å². The molecule has 0 aliphatic heterocycles. The number of carbonyl (C=O) groups is 3. The van der Waals surface area contributed by atoms with E-state index in [9.17, 15) is 19.5 Å². The summed E-state index contributed by atoms with van der Waals surface area (Å²) in [5.74, 6) is -2.06. The van der Waals surface area contributed by atoms with Crippen molar-refractivity contribution in [3.63, 3.8) is 0 Å². The molecule has 7 heteroatoms. The Kier molecular flexibility index (Phi) is 7.53. The van der Waals surface area contributed by atoms with Crippen LogP contribution in [-0.2, 0) is 14.4 Å². The van der Waals surface area contributed by atoms with Crippen molar-refractivity contribution in [2.24, 2.45) is 11.8 Å². The summed E-state index contributed by atoms with van der Waals surface area (Å²) in [6, 6.07) is 15.8. The van der Waals surface area contributed by atoms with Gasteiger partial charge in [-0.3, -0.25) is 9.59 Å². The standard InChI is InChI=1S/C26H30N2O5/c1-15(2)23(25(30)28-24(16(3)4)26(31)32)27-22(29)14-33-21-13-17-9-5-6-10-18(17)19-11-7-8-12-20(19)21/h5-13,15-16,23-24H,14H2,1-4H3,(H,27,29)(H,28,30)(H,31,32)/t23-,24-/m0/s1. The van der Waals surface area contributed by atoms with E-state index in [-0.39, 0.29) is 18.4 Å². The Balaban J connectivity index is 1.73. The first-order valence-electron chi connectivity index (χ1n) is 11.0. The second-order valence-electron chi connectivity index (χ2n) is 8.79. The number of amides is 2. The summed E-state index contributed by atoms with van der Waals surface area (Å²) < 4.78 is 5.87. The molecule has 0 saturated heterocycles. The number of ether oxygens (including phenoxy) is 1. The summed E-state index contributed by atoms with van der Waals surface area (Å²) in [6.45, 7) is 6.72. The van der Waals surface area contributed by atoms with Gasteiger partial charge in [-0.25, -0.2) is 4.79 Å². The van der Waals surface area contributed by atoms with E-state index in [0.29, 0.717) is 5.75 Å². The molecule has 7 nitrogen and oxygen atoms in total. The molecule has 0 unspecified atom stereocenters. The monoisotopic (exact) mass is 450 g/mol. The van der Waals surface area contributed by atoms with Gasteiger partial charge < -0.3 is 20.5 Å². The van der Waals surface area contributed by atoms with Gasteiger partial charge >= 0.3 is 5.97 Å². The highest BCUT2D eigenvalue weighted by atomic mass is 16.5. The zero-order chi connectivity index (χ0) is 24.1. The first kappa shape index (κ1) is 24.0. The fourth-order valence-corrected chi connectivity index (χ4v) is 3.79. The highest BCUT2D eigenvalue weighted by molar-refractivity contribution is 6.10. The third kappa shape index (κ3) is 5.61. The van der Waals surface area contributed by atoms with Crippen LogP contribution >= 0.6 is 0 Å². The van der Waals surface area contributed by atoms with Crippen molar-refractivity contribution in [2.45, 2.75) is 39.8 Å². The first-order chi connectivity index (χ1) is 15.7. The third-order valence-electron chi connectivity index (χ3n) is 5.58. The Morgan fingerprint density at radius 3 is 2.00 bits per heavy atom. The lowest BCUT2D eigenvalue weighted by Crippen LogP contribution is -2.55.